The van der Waals surface area contributed by atoms with Gasteiger partial charge >= 0.3 is 0 Å². The summed E-state index contributed by atoms with van der Waals surface area (Å²) in [4.78, 5) is 0. The van der Waals surface area contributed by atoms with Crippen LogP contribution in [0.5, 0.6) is 0 Å². The number of hydrogen-bond acceptors (Lipinski definition) is 0. The van der Waals surface area contributed by atoms with Gasteiger partial charge in [0.1, 0.15) is 0 Å². The molecule has 66 valence electrons. The summed E-state index contributed by atoms with van der Waals surface area (Å²) in [5.74, 6) is 2.06. The Kier molecular flexibility index (Phi) is 10.3. The SMILES string of the molecule is CCCCCCCC/C=C/P. The fourth-order valence-electron chi connectivity index (χ4n) is 1.14. The topological polar surface area (TPSA) is 0 Å². The van der Waals surface area contributed by atoms with Crippen molar-refractivity contribution < 1.29 is 0 Å². The van der Waals surface area contributed by atoms with Crippen molar-refractivity contribution in [3.05, 3.63) is 11.9 Å². The molecular formula is C10H21P. The lowest BCUT2D eigenvalue weighted by molar-refractivity contribution is 0.611. The van der Waals surface area contributed by atoms with Crippen molar-refractivity contribution in [2.75, 3.05) is 0 Å². The maximum atomic E-state index is 2.61. The largest absolute Gasteiger partial charge is 0.114 e. The van der Waals surface area contributed by atoms with Crippen LogP contribution in [0.1, 0.15) is 51.9 Å². The van der Waals surface area contributed by atoms with Gasteiger partial charge in [-0.3, -0.25) is 0 Å². The minimum Gasteiger partial charge on any atom is -0.114 e. The van der Waals surface area contributed by atoms with Gasteiger partial charge in [0.2, 0.25) is 0 Å². The molecule has 0 aliphatic carbocycles. The molecule has 1 heteroatoms. The molecule has 11 heavy (non-hydrogen) atoms. The quantitative estimate of drug-likeness (QED) is 0.400. The van der Waals surface area contributed by atoms with E-state index in [1.54, 1.807) is 0 Å². The van der Waals surface area contributed by atoms with E-state index in [0.29, 0.717) is 0 Å². The molecule has 0 fully saturated rings. The van der Waals surface area contributed by atoms with E-state index >= 15 is 0 Å². The standard InChI is InChI=1S/C10H21P/c1-2-3-4-5-6-7-8-9-10-11/h9-10H,2-8,11H2,1H3/b10-9+. The molecular weight excluding hydrogens is 151 g/mol. The van der Waals surface area contributed by atoms with Crippen LogP contribution in [0.2, 0.25) is 0 Å². The second-order valence-electron chi connectivity index (χ2n) is 2.98. The third kappa shape index (κ3) is 10.2. The molecule has 0 spiro atoms. The highest BCUT2D eigenvalue weighted by molar-refractivity contribution is 7.20. The highest BCUT2D eigenvalue weighted by atomic mass is 31.0. The zero-order chi connectivity index (χ0) is 8.36. The molecule has 0 aromatic carbocycles. The first-order chi connectivity index (χ1) is 5.41. The minimum atomic E-state index is 1.26. The Morgan fingerprint density at radius 1 is 1.00 bits per heavy atom. The summed E-state index contributed by atoms with van der Waals surface area (Å²) in [7, 11) is 2.61. The van der Waals surface area contributed by atoms with Gasteiger partial charge in [-0.25, -0.2) is 0 Å². The molecule has 0 aliphatic rings. The van der Waals surface area contributed by atoms with Crippen molar-refractivity contribution in [1.82, 2.24) is 0 Å². The molecule has 0 aromatic heterocycles. The van der Waals surface area contributed by atoms with Gasteiger partial charge in [0, 0.05) is 0 Å². The third-order valence-electron chi connectivity index (χ3n) is 1.86. The molecule has 0 heterocycles. The molecule has 0 saturated carbocycles. The maximum absolute atomic E-state index is 2.61. The number of allylic oxidation sites excluding steroid dienone is 1. The second kappa shape index (κ2) is 10.2. The van der Waals surface area contributed by atoms with Crippen molar-refractivity contribution in [2.45, 2.75) is 51.9 Å². The molecule has 1 unspecified atom stereocenters. The highest BCUT2D eigenvalue weighted by Gasteiger charge is 1.86. The first-order valence-electron chi connectivity index (χ1n) is 4.78. The Bertz CT molecular complexity index is 86.9. The Labute approximate surface area is 73.7 Å². The van der Waals surface area contributed by atoms with E-state index in [-0.39, 0.29) is 0 Å². The number of hydrogen-bond donors (Lipinski definition) is 0. The molecule has 0 rings (SSSR count). The van der Waals surface area contributed by atoms with E-state index in [1.807, 2.05) is 0 Å². The highest BCUT2D eigenvalue weighted by Crippen LogP contribution is 2.07. The lowest BCUT2D eigenvalue weighted by atomic mass is 10.1. The van der Waals surface area contributed by atoms with Gasteiger partial charge in [0.25, 0.3) is 0 Å². The van der Waals surface area contributed by atoms with Gasteiger partial charge in [-0.05, 0) is 12.8 Å². The Balaban J connectivity index is 2.79. The average molecular weight is 172 g/mol. The summed E-state index contributed by atoms with van der Waals surface area (Å²) in [5, 5.41) is 0. The number of rotatable bonds is 7. The Morgan fingerprint density at radius 2 is 1.64 bits per heavy atom. The smallest absolute Gasteiger partial charge is 0.0347 e. The van der Waals surface area contributed by atoms with Crippen molar-refractivity contribution in [3.63, 3.8) is 0 Å². The predicted octanol–water partition coefficient (Wildman–Crippen LogP) is 4.13. The van der Waals surface area contributed by atoms with E-state index in [1.165, 1.54) is 44.9 Å². The fraction of sp³-hybridized carbons (Fsp3) is 0.800. The van der Waals surface area contributed by atoms with Gasteiger partial charge in [-0.1, -0.05) is 50.9 Å². The fourth-order valence-corrected chi connectivity index (χ4v) is 1.33. The summed E-state index contributed by atoms with van der Waals surface area (Å²) >= 11 is 0. The zero-order valence-corrected chi connectivity index (χ0v) is 8.84. The van der Waals surface area contributed by atoms with Gasteiger partial charge < -0.3 is 0 Å². The van der Waals surface area contributed by atoms with Crippen molar-refractivity contribution in [1.29, 1.82) is 0 Å². The molecule has 0 bridgehead atoms. The normalized spacial score (nSPS) is 11.1. The van der Waals surface area contributed by atoms with Crippen LogP contribution in [-0.2, 0) is 0 Å². The summed E-state index contributed by atoms with van der Waals surface area (Å²) in [5.41, 5.74) is 0. The van der Waals surface area contributed by atoms with Crippen LogP contribution < -0.4 is 0 Å². The average Bonchev–Trinajstić information content (AvgIpc) is 2.03. The zero-order valence-electron chi connectivity index (χ0n) is 7.68. The van der Waals surface area contributed by atoms with Crippen molar-refractivity contribution in [2.24, 2.45) is 0 Å². The van der Waals surface area contributed by atoms with E-state index in [9.17, 15) is 0 Å². The molecule has 0 radical (unpaired) electrons. The first kappa shape index (κ1) is 11.2. The summed E-state index contributed by atoms with van der Waals surface area (Å²) in [6, 6.07) is 0. The van der Waals surface area contributed by atoms with E-state index in [4.69, 9.17) is 0 Å². The van der Waals surface area contributed by atoms with Gasteiger partial charge in [0.15, 0.2) is 0 Å². The van der Waals surface area contributed by atoms with Crippen LogP contribution in [0.25, 0.3) is 0 Å². The molecule has 1 atom stereocenters. The van der Waals surface area contributed by atoms with Gasteiger partial charge in [-0.2, -0.15) is 0 Å². The van der Waals surface area contributed by atoms with Gasteiger partial charge in [0.05, 0.1) is 0 Å². The maximum Gasteiger partial charge on any atom is -0.0347 e. The molecule has 0 saturated heterocycles. The van der Waals surface area contributed by atoms with Crippen LogP contribution in [-0.4, -0.2) is 0 Å². The summed E-state index contributed by atoms with van der Waals surface area (Å²) in [6.07, 6.45) is 11.9. The monoisotopic (exact) mass is 172 g/mol. The molecule has 0 aliphatic heterocycles. The minimum absolute atomic E-state index is 1.26. The third-order valence-corrected chi connectivity index (χ3v) is 2.13. The molecule has 0 nitrogen and oxygen atoms in total. The van der Waals surface area contributed by atoms with Crippen LogP contribution in [0.3, 0.4) is 0 Å². The summed E-state index contributed by atoms with van der Waals surface area (Å²) < 4.78 is 0. The van der Waals surface area contributed by atoms with E-state index < -0.39 is 0 Å². The van der Waals surface area contributed by atoms with Crippen LogP contribution in [0, 0.1) is 0 Å². The van der Waals surface area contributed by atoms with Crippen LogP contribution >= 0.6 is 9.24 Å². The molecule has 0 amide bonds. The molecule has 0 aromatic rings. The Hall–Kier alpha value is 0.170. The second-order valence-corrected chi connectivity index (χ2v) is 3.37. The Morgan fingerprint density at radius 3 is 2.27 bits per heavy atom. The first-order valence-corrected chi connectivity index (χ1v) is 5.45. The number of unbranched alkanes of at least 4 members (excludes halogenated alkanes) is 6. The van der Waals surface area contributed by atoms with E-state index in [0.717, 1.165) is 0 Å². The van der Waals surface area contributed by atoms with Gasteiger partial charge in [-0.15, -0.1) is 9.24 Å². The van der Waals surface area contributed by atoms with Crippen LogP contribution in [0.4, 0.5) is 0 Å². The summed E-state index contributed by atoms with van der Waals surface area (Å²) in [6.45, 7) is 2.26. The van der Waals surface area contributed by atoms with Crippen molar-refractivity contribution in [3.8, 4) is 0 Å². The lowest BCUT2D eigenvalue weighted by Crippen LogP contribution is -1.77. The van der Waals surface area contributed by atoms with E-state index in [2.05, 4.69) is 28.1 Å². The predicted molar refractivity (Wildman–Crippen MR) is 56.8 cm³/mol. The molecule has 0 N–H and O–H groups in total. The van der Waals surface area contributed by atoms with Crippen LogP contribution in [0.15, 0.2) is 11.9 Å². The van der Waals surface area contributed by atoms with Crippen molar-refractivity contribution >= 4 is 9.24 Å². The lowest BCUT2D eigenvalue weighted by Gasteiger charge is -1.96.